The second-order valence-electron chi connectivity index (χ2n) is 5.41. The average Bonchev–Trinajstić information content (AvgIpc) is 2.21. The van der Waals surface area contributed by atoms with Crippen LogP contribution < -0.4 is 0 Å². The van der Waals surface area contributed by atoms with Gasteiger partial charge in [0.2, 0.25) is 0 Å². The lowest BCUT2D eigenvalue weighted by Gasteiger charge is -2.56. The average molecular weight is 195 g/mol. The molecule has 2 saturated heterocycles. The highest BCUT2D eigenvalue weighted by atomic mass is 16.5. The highest BCUT2D eigenvalue weighted by molar-refractivity contribution is 4.99. The van der Waals surface area contributed by atoms with Crippen molar-refractivity contribution >= 4 is 0 Å². The zero-order valence-corrected chi connectivity index (χ0v) is 9.17. The molecule has 3 rings (SSSR count). The summed E-state index contributed by atoms with van der Waals surface area (Å²) in [5.74, 6) is 0. The maximum Gasteiger partial charge on any atom is 0.108 e. The fourth-order valence-corrected chi connectivity index (χ4v) is 3.78. The van der Waals surface area contributed by atoms with E-state index in [4.69, 9.17) is 4.74 Å². The van der Waals surface area contributed by atoms with Gasteiger partial charge in [-0.15, -0.1) is 0 Å². The number of piperidine rings is 1. The third-order valence-electron chi connectivity index (χ3n) is 4.59. The van der Waals surface area contributed by atoms with E-state index in [1.165, 1.54) is 51.6 Å². The van der Waals surface area contributed by atoms with Crippen LogP contribution in [-0.2, 0) is 4.74 Å². The van der Waals surface area contributed by atoms with Crippen LogP contribution in [-0.4, -0.2) is 30.3 Å². The van der Waals surface area contributed by atoms with Crippen molar-refractivity contribution in [3.63, 3.8) is 0 Å². The first-order chi connectivity index (χ1) is 6.80. The van der Waals surface area contributed by atoms with E-state index in [2.05, 4.69) is 11.8 Å². The summed E-state index contributed by atoms with van der Waals surface area (Å²) in [6, 6.07) is 0. The second-order valence-corrected chi connectivity index (χ2v) is 5.41. The first kappa shape index (κ1) is 9.17. The third kappa shape index (κ3) is 1.24. The number of fused-ring (bicyclic) bond motifs is 1. The lowest BCUT2D eigenvalue weighted by Crippen LogP contribution is -2.60. The molecule has 0 amide bonds. The van der Waals surface area contributed by atoms with Crippen LogP contribution in [0.2, 0.25) is 0 Å². The molecule has 0 aromatic heterocycles. The van der Waals surface area contributed by atoms with Gasteiger partial charge in [0, 0.05) is 18.5 Å². The molecule has 2 bridgehead atoms. The number of hydrogen-bond donors (Lipinski definition) is 0. The fraction of sp³-hybridized carbons (Fsp3) is 1.00. The molecule has 0 aromatic carbocycles. The second kappa shape index (κ2) is 3.21. The zero-order chi connectivity index (χ0) is 9.60. The SMILES string of the molecule is C[C@@H]1O[C@H]2CCCC[C@]23CCCN1C3. The van der Waals surface area contributed by atoms with Gasteiger partial charge in [-0.25, -0.2) is 0 Å². The summed E-state index contributed by atoms with van der Waals surface area (Å²) < 4.78 is 6.17. The Bertz CT molecular complexity index is 226. The first-order valence-corrected chi connectivity index (χ1v) is 6.20. The Labute approximate surface area is 86.6 Å². The van der Waals surface area contributed by atoms with Crippen LogP contribution in [0.15, 0.2) is 0 Å². The predicted molar refractivity (Wildman–Crippen MR) is 56.0 cm³/mol. The van der Waals surface area contributed by atoms with Crippen molar-refractivity contribution in [2.24, 2.45) is 5.41 Å². The zero-order valence-electron chi connectivity index (χ0n) is 9.17. The van der Waals surface area contributed by atoms with Crippen molar-refractivity contribution in [2.75, 3.05) is 13.1 Å². The molecule has 4 atom stereocenters. The number of nitrogens with zero attached hydrogens (tertiary/aromatic N) is 1. The smallest absolute Gasteiger partial charge is 0.108 e. The van der Waals surface area contributed by atoms with E-state index in [1.807, 2.05) is 0 Å². The summed E-state index contributed by atoms with van der Waals surface area (Å²) in [6.45, 7) is 4.80. The molecule has 80 valence electrons. The van der Waals surface area contributed by atoms with Gasteiger partial charge in [-0.3, -0.25) is 4.90 Å². The molecule has 0 aromatic rings. The quantitative estimate of drug-likeness (QED) is 0.588. The van der Waals surface area contributed by atoms with Crippen molar-refractivity contribution in [3.8, 4) is 0 Å². The number of hydrogen-bond acceptors (Lipinski definition) is 2. The minimum atomic E-state index is 0.381. The minimum Gasteiger partial charge on any atom is -0.360 e. The molecule has 1 spiro atoms. The molecule has 1 aliphatic carbocycles. The van der Waals surface area contributed by atoms with E-state index in [0.29, 0.717) is 17.7 Å². The number of rotatable bonds is 0. The molecule has 1 saturated carbocycles. The maximum absolute atomic E-state index is 6.17. The third-order valence-corrected chi connectivity index (χ3v) is 4.59. The standard InChI is InChI=1S/C12H21NO/c1-10-13-8-4-7-12(9-13)6-3-2-5-11(12)14-10/h10-11H,2-9H2,1H3/t10-,11-,12+/m0/s1. The Morgan fingerprint density at radius 1 is 1.21 bits per heavy atom. The van der Waals surface area contributed by atoms with E-state index >= 15 is 0 Å². The van der Waals surface area contributed by atoms with Crippen molar-refractivity contribution < 1.29 is 4.74 Å². The van der Waals surface area contributed by atoms with Crippen molar-refractivity contribution in [2.45, 2.75) is 57.8 Å². The van der Waals surface area contributed by atoms with Crippen LogP contribution in [0, 0.1) is 5.41 Å². The van der Waals surface area contributed by atoms with Crippen LogP contribution in [0.1, 0.15) is 45.4 Å². The summed E-state index contributed by atoms with van der Waals surface area (Å²) in [4.78, 5) is 2.55. The molecule has 2 aliphatic heterocycles. The van der Waals surface area contributed by atoms with Gasteiger partial charge in [-0.1, -0.05) is 12.8 Å². The van der Waals surface area contributed by atoms with E-state index in [9.17, 15) is 0 Å². The molecule has 2 heterocycles. The van der Waals surface area contributed by atoms with Crippen molar-refractivity contribution in [1.82, 2.24) is 4.90 Å². The highest BCUT2D eigenvalue weighted by Gasteiger charge is 2.49. The minimum absolute atomic E-state index is 0.381. The molecule has 2 nitrogen and oxygen atoms in total. The highest BCUT2D eigenvalue weighted by Crippen LogP contribution is 2.48. The molecule has 2 heteroatoms. The molecule has 0 radical (unpaired) electrons. The van der Waals surface area contributed by atoms with Crippen LogP contribution in [0.25, 0.3) is 0 Å². The monoisotopic (exact) mass is 195 g/mol. The maximum atomic E-state index is 6.17. The largest absolute Gasteiger partial charge is 0.360 e. The van der Waals surface area contributed by atoms with Gasteiger partial charge in [0.15, 0.2) is 0 Å². The van der Waals surface area contributed by atoms with Gasteiger partial charge >= 0.3 is 0 Å². The summed E-state index contributed by atoms with van der Waals surface area (Å²) in [7, 11) is 0. The summed E-state index contributed by atoms with van der Waals surface area (Å²) in [5.41, 5.74) is 0.559. The Morgan fingerprint density at radius 3 is 3.00 bits per heavy atom. The molecular weight excluding hydrogens is 174 g/mol. The topological polar surface area (TPSA) is 12.5 Å². The molecule has 14 heavy (non-hydrogen) atoms. The fourth-order valence-electron chi connectivity index (χ4n) is 3.78. The van der Waals surface area contributed by atoms with Crippen LogP contribution in [0.4, 0.5) is 0 Å². The van der Waals surface area contributed by atoms with Crippen LogP contribution in [0.3, 0.4) is 0 Å². The van der Waals surface area contributed by atoms with Gasteiger partial charge in [0.25, 0.3) is 0 Å². The lowest BCUT2D eigenvalue weighted by atomic mass is 9.66. The Kier molecular flexibility index (Phi) is 2.10. The van der Waals surface area contributed by atoms with E-state index in [1.54, 1.807) is 0 Å². The summed E-state index contributed by atoms with van der Waals surface area (Å²) in [6.07, 6.45) is 9.33. The van der Waals surface area contributed by atoms with Gasteiger partial charge < -0.3 is 4.74 Å². The molecule has 1 unspecified atom stereocenters. The summed E-state index contributed by atoms with van der Waals surface area (Å²) in [5, 5.41) is 0. The molecule has 0 N–H and O–H groups in total. The van der Waals surface area contributed by atoms with E-state index in [-0.39, 0.29) is 0 Å². The Morgan fingerprint density at radius 2 is 2.07 bits per heavy atom. The number of ether oxygens (including phenoxy) is 1. The summed E-state index contributed by atoms with van der Waals surface area (Å²) >= 11 is 0. The van der Waals surface area contributed by atoms with Crippen molar-refractivity contribution in [3.05, 3.63) is 0 Å². The molecular formula is C12H21NO. The normalized spacial score (nSPS) is 52.5. The van der Waals surface area contributed by atoms with Gasteiger partial charge in [0.05, 0.1) is 6.10 Å². The van der Waals surface area contributed by atoms with Gasteiger partial charge in [-0.2, -0.15) is 0 Å². The van der Waals surface area contributed by atoms with Crippen LogP contribution >= 0.6 is 0 Å². The van der Waals surface area contributed by atoms with Crippen molar-refractivity contribution in [1.29, 1.82) is 0 Å². The Balaban J connectivity index is 1.86. The van der Waals surface area contributed by atoms with Gasteiger partial charge in [0.1, 0.15) is 6.23 Å². The van der Waals surface area contributed by atoms with Gasteiger partial charge in [-0.05, 0) is 32.6 Å². The lowest BCUT2D eigenvalue weighted by molar-refractivity contribution is -0.225. The van der Waals surface area contributed by atoms with Crippen LogP contribution in [0.5, 0.6) is 0 Å². The molecule has 3 fully saturated rings. The predicted octanol–water partition coefficient (Wildman–Crippen LogP) is 2.39. The first-order valence-electron chi connectivity index (χ1n) is 6.20. The molecule has 3 aliphatic rings. The van der Waals surface area contributed by atoms with E-state index < -0.39 is 0 Å². The Hall–Kier alpha value is -0.0800. The van der Waals surface area contributed by atoms with E-state index in [0.717, 1.165) is 0 Å².